The maximum atomic E-state index is 12.8. The van der Waals surface area contributed by atoms with Gasteiger partial charge in [-0.15, -0.1) is 0 Å². The van der Waals surface area contributed by atoms with E-state index in [-0.39, 0.29) is 6.42 Å². The van der Waals surface area contributed by atoms with E-state index in [9.17, 15) is 14.4 Å². The van der Waals surface area contributed by atoms with Gasteiger partial charge in [-0.3, -0.25) is 14.4 Å². The fourth-order valence-corrected chi connectivity index (χ4v) is 2.87. The third-order valence-electron chi connectivity index (χ3n) is 4.20. The minimum absolute atomic E-state index is 0.180. The van der Waals surface area contributed by atoms with Crippen LogP contribution in [0.2, 0.25) is 0 Å². The minimum atomic E-state index is -1.08. The molecule has 27 heavy (non-hydrogen) atoms. The zero-order valence-corrected chi connectivity index (χ0v) is 14.5. The fraction of sp³-hybridized carbons (Fsp3) is 0.0952. The van der Waals surface area contributed by atoms with Crippen LogP contribution in [0.4, 0.5) is 0 Å². The van der Waals surface area contributed by atoms with Crippen LogP contribution in [0.25, 0.3) is 11.3 Å². The zero-order chi connectivity index (χ0) is 19.2. The second-order valence-electron chi connectivity index (χ2n) is 6.08. The number of carbonyl (C=O) groups is 3. The van der Waals surface area contributed by atoms with Crippen LogP contribution < -0.4 is 11.1 Å². The maximum absolute atomic E-state index is 12.8. The summed E-state index contributed by atoms with van der Waals surface area (Å²) in [5.41, 5.74) is 7.84. The van der Waals surface area contributed by atoms with Gasteiger partial charge in [0.05, 0.1) is 11.3 Å². The summed E-state index contributed by atoms with van der Waals surface area (Å²) >= 11 is 0. The molecule has 4 N–H and O–H groups in total. The Kier molecular flexibility index (Phi) is 5.47. The van der Waals surface area contributed by atoms with E-state index in [4.69, 9.17) is 5.73 Å². The van der Waals surface area contributed by atoms with Crippen molar-refractivity contribution in [3.63, 3.8) is 0 Å². The molecule has 0 aliphatic heterocycles. The Morgan fingerprint density at radius 3 is 2.19 bits per heavy atom. The number of Topliss-reactive ketones (excluding diaryl/α,β-unsaturated/α-hetero) is 1. The summed E-state index contributed by atoms with van der Waals surface area (Å²) in [5, 5.41) is 2.65. The van der Waals surface area contributed by atoms with Crippen molar-refractivity contribution < 1.29 is 14.4 Å². The van der Waals surface area contributed by atoms with Gasteiger partial charge in [-0.25, -0.2) is 0 Å². The molecule has 6 nitrogen and oxygen atoms in total. The van der Waals surface area contributed by atoms with E-state index >= 15 is 0 Å². The molecule has 0 fully saturated rings. The molecule has 0 spiro atoms. The molecule has 1 aromatic heterocycles. The van der Waals surface area contributed by atoms with Crippen molar-refractivity contribution in [2.45, 2.75) is 12.5 Å². The molecule has 0 bridgehead atoms. The molecule has 6 heteroatoms. The summed E-state index contributed by atoms with van der Waals surface area (Å²) in [4.78, 5) is 39.4. The number of primary amides is 1. The number of ketones is 1. The number of rotatable bonds is 7. The van der Waals surface area contributed by atoms with Gasteiger partial charge in [0.15, 0.2) is 0 Å². The van der Waals surface area contributed by atoms with Crippen molar-refractivity contribution in [3.8, 4) is 11.3 Å². The Morgan fingerprint density at radius 1 is 0.926 bits per heavy atom. The monoisotopic (exact) mass is 361 g/mol. The molecule has 3 rings (SSSR count). The van der Waals surface area contributed by atoms with E-state index in [0.29, 0.717) is 11.3 Å². The number of hydrogen-bond donors (Lipinski definition) is 3. The first-order chi connectivity index (χ1) is 13.1. The second-order valence-corrected chi connectivity index (χ2v) is 6.08. The molecular formula is C21H19N3O3. The van der Waals surface area contributed by atoms with E-state index in [1.54, 1.807) is 12.3 Å². The Hall–Kier alpha value is -3.67. The first-order valence-corrected chi connectivity index (χ1v) is 8.47. The minimum Gasteiger partial charge on any atom is -0.363 e. The highest BCUT2D eigenvalue weighted by molar-refractivity contribution is 6.38. The number of aromatic nitrogens is 1. The summed E-state index contributed by atoms with van der Waals surface area (Å²) in [7, 11) is 0. The number of hydrogen-bond acceptors (Lipinski definition) is 3. The molecule has 0 radical (unpaired) electrons. The lowest BCUT2D eigenvalue weighted by atomic mass is 10.0. The Bertz CT molecular complexity index is 949. The lowest BCUT2D eigenvalue weighted by Crippen LogP contribution is -2.47. The van der Waals surface area contributed by atoms with E-state index in [1.807, 2.05) is 60.7 Å². The highest BCUT2D eigenvalue weighted by Crippen LogP contribution is 2.21. The smallest absolute Gasteiger partial charge is 0.287 e. The van der Waals surface area contributed by atoms with Crippen LogP contribution in [0.15, 0.2) is 72.9 Å². The summed E-state index contributed by atoms with van der Waals surface area (Å²) in [5.74, 6) is -2.36. The van der Waals surface area contributed by atoms with Gasteiger partial charge >= 0.3 is 0 Å². The molecular weight excluding hydrogens is 342 g/mol. The molecule has 1 atom stereocenters. The van der Waals surface area contributed by atoms with E-state index in [0.717, 1.165) is 11.1 Å². The standard InChI is InChI=1S/C21H19N3O3/c22-20(26)19(25)17(13-14-7-3-1-4-8-14)24-21(27)16-11-12-23-18(16)15-9-5-2-6-10-15/h1-12,17,23H,13H2,(H2,22,26)(H,24,27). The largest absolute Gasteiger partial charge is 0.363 e. The number of H-pyrrole nitrogens is 1. The lowest BCUT2D eigenvalue weighted by molar-refractivity contribution is -0.137. The van der Waals surface area contributed by atoms with Gasteiger partial charge in [-0.05, 0) is 17.2 Å². The van der Waals surface area contributed by atoms with E-state index in [1.165, 1.54) is 0 Å². The van der Waals surface area contributed by atoms with Crippen LogP contribution in [0.3, 0.4) is 0 Å². The molecule has 136 valence electrons. The first-order valence-electron chi connectivity index (χ1n) is 8.47. The topological polar surface area (TPSA) is 105 Å². The Balaban J connectivity index is 1.84. The predicted molar refractivity (Wildman–Crippen MR) is 102 cm³/mol. The number of benzene rings is 2. The molecule has 2 amide bonds. The van der Waals surface area contributed by atoms with Crippen molar-refractivity contribution in [1.82, 2.24) is 10.3 Å². The van der Waals surface area contributed by atoms with Crippen molar-refractivity contribution in [3.05, 3.63) is 84.1 Å². The van der Waals surface area contributed by atoms with Gasteiger partial charge in [0, 0.05) is 12.6 Å². The van der Waals surface area contributed by atoms with Gasteiger partial charge < -0.3 is 16.0 Å². The number of amides is 2. The summed E-state index contributed by atoms with van der Waals surface area (Å²) in [6.45, 7) is 0. The van der Waals surface area contributed by atoms with E-state index in [2.05, 4.69) is 10.3 Å². The van der Waals surface area contributed by atoms with Crippen LogP contribution in [-0.4, -0.2) is 28.6 Å². The Morgan fingerprint density at radius 2 is 1.56 bits per heavy atom. The van der Waals surface area contributed by atoms with Crippen LogP contribution in [-0.2, 0) is 16.0 Å². The van der Waals surface area contributed by atoms with Crippen LogP contribution in [0.5, 0.6) is 0 Å². The normalized spacial score (nSPS) is 11.6. The van der Waals surface area contributed by atoms with Crippen molar-refractivity contribution in [1.29, 1.82) is 0 Å². The quantitative estimate of drug-likeness (QED) is 0.561. The summed E-state index contributed by atoms with van der Waals surface area (Å²) < 4.78 is 0. The average molecular weight is 361 g/mol. The zero-order valence-electron chi connectivity index (χ0n) is 14.5. The van der Waals surface area contributed by atoms with Gasteiger partial charge in [0.1, 0.15) is 6.04 Å². The molecule has 0 saturated carbocycles. The number of nitrogens with two attached hydrogens (primary N) is 1. The SMILES string of the molecule is NC(=O)C(=O)C(Cc1ccccc1)NC(=O)c1cc[nH]c1-c1ccccc1. The van der Waals surface area contributed by atoms with Crippen LogP contribution in [0.1, 0.15) is 15.9 Å². The third-order valence-corrected chi connectivity index (χ3v) is 4.20. The summed E-state index contributed by atoms with van der Waals surface area (Å²) in [6, 6.07) is 19.1. The van der Waals surface area contributed by atoms with Crippen molar-refractivity contribution >= 4 is 17.6 Å². The predicted octanol–water partition coefficient (Wildman–Crippen LogP) is 2.08. The third kappa shape index (κ3) is 4.30. The van der Waals surface area contributed by atoms with Gasteiger partial charge in [0.25, 0.3) is 11.8 Å². The maximum Gasteiger partial charge on any atom is 0.287 e. The number of nitrogens with one attached hydrogen (secondary N) is 2. The lowest BCUT2D eigenvalue weighted by Gasteiger charge is -2.16. The molecule has 3 aromatic rings. The van der Waals surface area contributed by atoms with E-state index < -0.39 is 23.6 Å². The van der Waals surface area contributed by atoms with Gasteiger partial charge in [-0.1, -0.05) is 60.7 Å². The second kappa shape index (κ2) is 8.14. The highest BCUT2D eigenvalue weighted by Gasteiger charge is 2.27. The van der Waals surface area contributed by atoms with Gasteiger partial charge in [-0.2, -0.15) is 0 Å². The Labute approximate surface area is 156 Å². The molecule has 1 unspecified atom stereocenters. The number of aromatic amines is 1. The van der Waals surface area contributed by atoms with Gasteiger partial charge in [0.2, 0.25) is 5.78 Å². The average Bonchev–Trinajstić information content (AvgIpc) is 3.18. The molecule has 2 aromatic carbocycles. The molecule has 0 aliphatic carbocycles. The van der Waals surface area contributed by atoms with Crippen LogP contribution >= 0.6 is 0 Å². The van der Waals surface area contributed by atoms with Crippen molar-refractivity contribution in [2.24, 2.45) is 5.73 Å². The molecule has 0 saturated heterocycles. The van der Waals surface area contributed by atoms with Crippen LogP contribution in [0, 0.1) is 0 Å². The highest BCUT2D eigenvalue weighted by atomic mass is 16.2. The number of carbonyl (C=O) groups excluding carboxylic acids is 3. The summed E-state index contributed by atoms with van der Waals surface area (Å²) in [6.07, 6.45) is 1.83. The molecule has 1 heterocycles. The molecule has 0 aliphatic rings. The first kappa shape index (κ1) is 18.1. The fourth-order valence-electron chi connectivity index (χ4n) is 2.87. The van der Waals surface area contributed by atoms with Crippen molar-refractivity contribution in [2.75, 3.05) is 0 Å².